The van der Waals surface area contributed by atoms with Crippen molar-refractivity contribution >= 4 is 34.3 Å². The average Bonchev–Trinajstić information content (AvgIpc) is 3.20. The number of nitrogens with two attached hydrogens (primary N) is 1. The molecule has 0 saturated carbocycles. The second kappa shape index (κ2) is 8.95. The lowest BCUT2D eigenvalue weighted by molar-refractivity contribution is -0.137. The van der Waals surface area contributed by atoms with Gasteiger partial charge in [-0.3, -0.25) is 9.59 Å². The molecule has 4 aromatic rings. The molecule has 0 bridgehead atoms. The van der Waals surface area contributed by atoms with Crippen molar-refractivity contribution in [3.8, 4) is 17.0 Å². The summed E-state index contributed by atoms with van der Waals surface area (Å²) in [6.07, 6.45) is -4.97. The predicted molar refractivity (Wildman–Crippen MR) is 128 cm³/mol. The Kier molecular flexibility index (Phi) is 5.98. The number of primary amides is 1. The van der Waals surface area contributed by atoms with Crippen LogP contribution in [0, 0.1) is 11.6 Å². The van der Waals surface area contributed by atoms with Crippen LogP contribution < -0.4 is 15.8 Å². The lowest BCUT2D eigenvalue weighted by atomic mass is 9.85. The van der Waals surface area contributed by atoms with Gasteiger partial charge in [0.15, 0.2) is 0 Å². The molecule has 0 spiro atoms. The summed E-state index contributed by atoms with van der Waals surface area (Å²) < 4.78 is 75.1. The standard InChI is InChI=1S/C26H15ClF5N3O3/c1-38-19-5-3-12-18(34-19)9-14(20-15(24(33)36)6-10(7-17(20)29)26(30,31)32)21-22(12)25(37)35-23(21)13-8-11(28)2-4-16(13)27/h2-9,23H,1H3,(H2,33,36)(H,35,37). The van der Waals surface area contributed by atoms with Crippen molar-refractivity contribution in [3.63, 3.8) is 0 Å². The average molecular weight is 548 g/mol. The SMILES string of the molecule is COc1ccc2c3c(c(-c4c(F)cc(C(F)(F)F)cc4C(N)=O)cc2n1)C(c1cc(F)ccc1Cl)NC3=O. The van der Waals surface area contributed by atoms with Crippen molar-refractivity contribution in [1.29, 1.82) is 0 Å². The molecule has 2 heterocycles. The normalized spacial score (nSPS) is 14.9. The minimum Gasteiger partial charge on any atom is -0.481 e. The van der Waals surface area contributed by atoms with Crippen molar-refractivity contribution in [3.05, 3.63) is 93.0 Å². The zero-order chi connectivity index (χ0) is 27.5. The van der Waals surface area contributed by atoms with Gasteiger partial charge in [-0.2, -0.15) is 13.2 Å². The van der Waals surface area contributed by atoms with Gasteiger partial charge < -0.3 is 15.8 Å². The number of ether oxygens (including phenoxy) is 1. The first-order chi connectivity index (χ1) is 17.9. The number of carbonyl (C=O) groups excluding carboxylic acids is 2. The Hall–Kier alpha value is -4.25. The molecular formula is C26H15ClF5N3O3. The summed E-state index contributed by atoms with van der Waals surface area (Å²) in [6.45, 7) is 0. The second-order valence-electron chi connectivity index (χ2n) is 8.45. The van der Waals surface area contributed by atoms with Gasteiger partial charge in [0.2, 0.25) is 11.8 Å². The fraction of sp³-hybridized carbons (Fsp3) is 0.115. The number of hydrogen-bond acceptors (Lipinski definition) is 4. The zero-order valence-electron chi connectivity index (χ0n) is 19.2. The van der Waals surface area contributed by atoms with Crippen LogP contribution in [0.1, 0.15) is 43.4 Å². The number of alkyl halides is 3. The molecule has 12 heteroatoms. The van der Waals surface area contributed by atoms with Crippen LogP contribution in [0.2, 0.25) is 5.02 Å². The van der Waals surface area contributed by atoms with Crippen LogP contribution in [0.3, 0.4) is 0 Å². The van der Waals surface area contributed by atoms with Crippen molar-refractivity contribution in [2.75, 3.05) is 7.11 Å². The second-order valence-corrected chi connectivity index (χ2v) is 8.86. The topological polar surface area (TPSA) is 94.3 Å². The van der Waals surface area contributed by atoms with Crippen molar-refractivity contribution in [1.82, 2.24) is 10.3 Å². The van der Waals surface area contributed by atoms with Gasteiger partial charge >= 0.3 is 6.18 Å². The Morgan fingerprint density at radius 1 is 1.08 bits per heavy atom. The molecule has 3 aromatic carbocycles. The van der Waals surface area contributed by atoms with E-state index in [9.17, 15) is 27.2 Å². The van der Waals surface area contributed by atoms with Crippen LogP contribution in [0.4, 0.5) is 22.0 Å². The van der Waals surface area contributed by atoms with Gasteiger partial charge in [0, 0.05) is 33.2 Å². The number of benzene rings is 3. The number of aromatic nitrogens is 1. The van der Waals surface area contributed by atoms with Crippen LogP contribution in [-0.4, -0.2) is 23.9 Å². The number of hydrogen-bond donors (Lipinski definition) is 2. The molecule has 194 valence electrons. The third-order valence-electron chi connectivity index (χ3n) is 6.23. The largest absolute Gasteiger partial charge is 0.481 e. The first-order valence-corrected chi connectivity index (χ1v) is 11.3. The Labute approximate surface area is 216 Å². The summed E-state index contributed by atoms with van der Waals surface area (Å²) in [5.74, 6) is -3.96. The number of methoxy groups -OCH3 is 1. The highest BCUT2D eigenvalue weighted by molar-refractivity contribution is 6.31. The highest BCUT2D eigenvalue weighted by atomic mass is 35.5. The molecule has 1 atom stereocenters. The molecule has 1 aliphatic heterocycles. The monoisotopic (exact) mass is 547 g/mol. The van der Waals surface area contributed by atoms with Gasteiger partial charge in [-0.15, -0.1) is 0 Å². The molecule has 1 aromatic heterocycles. The van der Waals surface area contributed by atoms with Gasteiger partial charge in [0.05, 0.1) is 35.4 Å². The Bertz CT molecular complexity index is 1670. The highest BCUT2D eigenvalue weighted by Crippen LogP contribution is 2.46. The van der Waals surface area contributed by atoms with E-state index >= 15 is 4.39 Å². The van der Waals surface area contributed by atoms with Gasteiger partial charge in [0.25, 0.3) is 5.91 Å². The lowest BCUT2D eigenvalue weighted by Crippen LogP contribution is -2.21. The van der Waals surface area contributed by atoms with Crippen LogP contribution >= 0.6 is 11.6 Å². The quantitative estimate of drug-likeness (QED) is 0.316. The summed E-state index contributed by atoms with van der Waals surface area (Å²) in [4.78, 5) is 29.8. The number of rotatable bonds is 4. The molecular weight excluding hydrogens is 533 g/mol. The summed E-state index contributed by atoms with van der Waals surface area (Å²) in [5.41, 5.74) is 2.73. The summed E-state index contributed by atoms with van der Waals surface area (Å²) in [7, 11) is 1.35. The third kappa shape index (κ3) is 4.08. The minimum absolute atomic E-state index is 0.00676. The number of fused-ring (bicyclic) bond motifs is 3. The number of carbonyl (C=O) groups is 2. The fourth-order valence-electron chi connectivity index (χ4n) is 4.62. The van der Waals surface area contributed by atoms with Crippen molar-refractivity contribution < 1.29 is 36.3 Å². The minimum atomic E-state index is -4.97. The van der Waals surface area contributed by atoms with E-state index in [0.717, 1.165) is 12.1 Å². The number of amides is 2. The molecule has 3 N–H and O–H groups in total. The summed E-state index contributed by atoms with van der Waals surface area (Å²) >= 11 is 6.31. The van der Waals surface area contributed by atoms with Crippen LogP contribution in [0.15, 0.2) is 48.5 Å². The van der Waals surface area contributed by atoms with Gasteiger partial charge in [-0.1, -0.05) is 11.6 Å². The molecule has 2 amide bonds. The van der Waals surface area contributed by atoms with E-state index in [2.05, 4.69) is 10.3 Å². The number of pyridine rings is 1. The van der Waals surface area contributed by atoms with Crippen LogP contribution in [0.25, 0.3) is 22.0 Å². The summed E-state index contributed by atoms with van der Waals surface area (Å²) in [5, 5.41) is 3.03. The van der Waals surface area contributed by atoms with E-state index in [0.29, 0.717) is 11.5 Å². The maximum absolute atomic E-state index is 15.5. The molecule has 38 heavy (non-hydrogen) atoms. The Morgan fingerprint density at radius 3 is 2.47 bits per heavy atom. The maximum atomic E-state index is 15.5. The van der Waals surface area contributed by atoms with E-state index in [4.69, 9.17) is 22.1 Å². The number of halogens is 6. The molecule has 0 saturated heterocycles. The smallest absolute Gasteiger partial charge is 0.416 e. The molecule has 0 radical (unpaired) electrons. The van der Waals surface area contributed by atoms with E-state index in [1.54, 1.807) is 0 Å². The molecule has 6 nitrogen and oxygen atoms in total. The lowest BCUT2D eigenvalue weighted by Gasteiger charge is -2.21. The van der Waals surface area contributed by atoms with Gasteiger partial charge in [-0.05, 0) is 48.0 Å². The molecule has 1 aliphatic rings. The fourth-order valence-corrected chi connectivity index (χ4v) is 4.85. The van der Waals surface area contributed by atoms with E-state index in [1.807, 2.05) is 0 Å². The van der Waals surface area contributed by atoms with Crippen molar-refractivity contribution in [2.24, 2.45) is 5.73 Å². The molecule has 1 unspecified atom stereocenters. The Morgan fingerprint density at radius 2 is 1.82 bits per heavy atom. The van der Waals surface area contributed by atoms with Crippen LogP contribution in [0.5, 0.6) is 5.88 Å². The number of nitrogens with zero attached hydrogens (tertiary/aromatic N) is 1. The highest BCUT2D eigenvalue weighted by Gasteiger charge is 2.39. The van der Waals surface area contributed by atoms with Gasteiger partial charge in [-0.25, -0.2) is 13.8 Å². The van der Waals surface area contributed by atoms with Crippen molar-refractivity contribution in [2.45, 2.75) is 12.2 Å². The van der Waals surface area contributed by atoms with E-state index in [-0.39, 0.29) is 44.7 Å². The molecule has 5 rings (SSSR count). The van der Waals surface area contributed by atoms with E-state index < -0.39 is 52.4 Å². The maximum Gasteiger partial charge on any atom is 0.416 e. The van der Waals surface area contributed by atoms with Gasteiger partial charge in [0.1, 0.15) is 11.6 Å². The Balaban J connectivity index is 1.93. The van der Waals surface area contributed by atoms with E-state index in [1.165, 1.54) is 31.4 Å². The molecule has 0 fully saturated rings. The number of nitrogens with one attached hydrogen (secondary N) is 1. The predicted octanol–water partition coefficient (Wildman–Crippen LogP) is 5.79. The first kappa shape index (κ1) is 25.4. The third-order valence-corrected chi connectivity index (χ3v) is 6.57. The zero-order valence-corrected chi connectivity index (χ0v) is 20.0. The molecule has 0 aliphatic carbocycles. The summed E-state index contributed by atoms with van der Waals surface area (Å²) in [6, 6.07) is 7.25. The van der Waals surface area contributed by atoms with Crippen LogP contribution in [-0.2, 0) is 6.18 Å². The first-order valence-electron chi connectivity index (χ1n) is 10.9.